The van der Waals surface area contributed by atoms with Crippen molar-refractivity contribution in [1.29, 1.82) is 0 Å². The van der Waals surface area contributed by atoms with Crippen LogP contribution in [0.5, 0.6) is 11.8 Å². The fourth-order valence-electron chi connectivity index (χ4n) is 6.05. The molecule has 190 valence electrons. The molecule has 7 rings (SSSR count). The number of nitrogens with zero attached hydrogens (tertiary/aromatic N) is 3. The van der Waals surface area contributed by atoms with Gasteiger partial charge in [-0.05, 0) is 66.6 Å². The molecule has 1 aliphatic carbocycles. The zero-order valence-corrected chi connectivity index (χ0v) is 20.5. The molecule has 37 heavy (non-hydrogen) atoms. The van der Waals surface area contributed by atoms with Gasteiger partial charge in [-0.25, -0.2) is 4.39 Å². The van der Waals surface area contributed by atoms with E-state index < -0.39 is 11.4 Å². The molecule has 0 amide bonds. The van der Waals surface area contributed by atoms with Crippen LogP contribution in [0.25, 0.3) is 32.8 Å². The maximum Gasteiger partial charge on any atom is 0.319 e. The third kappa shape index (κ3) is 3.95. The van der Waals surface area contributed by atoms with Gasteiger partial charge in [-0.3, -0.25) is 0 Å². The first kappa shape index (κ1) is 22.7. The van der Waals surface area contributed by atoms with E-state index in [1.807, 2.05) is 30.3 Å². The summed E-state index contributed by atoms with van der Waals surface area (Å²) in [7, 11) is 0. The molecule has 2 atom stereocenters. The second kappa shape index (κ2) is 8.53. The van der Waals surface area contributed by atoms with E-state index in [1.165, 1.54) is 0 Å². The van der Waals surface area contributed by atoms with Crippen molar-refractivity contribution in [3.05, 3.63) is 54.3 Å². The molecule has 2 bridgehead atoms. The van der Waals surface area contributed by atoms with Crippen molar-refractivity contribution in [3.63, 3.8) is 0 Å². The number of benzene rings is 3. The Bertz CT molecular complexity index is 1510. The average Bonchev–Trinajstić information content (AvgIpc) is 3.23. The molecular formula is C29H29FN4O3. The minimum Gasteiger partial charge on any atom is -0.508 e. The Morgan fingerprint density at radius 2 is 1.78 bits per heavy atom. The number of piperazine rings is 1. The molecule has 2 unspecified atom stereocenters. The van der Waals surface area contributed by atoms with Crippen LogP contribution in [0.1, 0.15) is 32.1 Å². The molecule has 3 fully saturated rings. The van der Waals surface area contributed by atoms with Gasteiger partial charge in [0.05, 0.1) is 5.60 Å². The lowest BCUT2D eigenvalue weighted by atomic mass is 9.81. The van der Waals surface area contributed by atoms with Crippen molar-refractivity contribution >= 4 is 27.5 Å². The van der Waals surface area contributed by atoms with Crippen molar-refractivity contribution in [2.24, 2.45) is 0 Å². The van der Waals surface area contributed by atoms with E-state index in [0.717, 1.165) is 43.1 Å². The monoisotopic (exact) mass is 500 g/mol. The van der Waals surface area contributed by atoms with Gasteiger partial charge in [-0.2, -0.15) is 9.97 Å². The van der Waals surface area contributed by atoms with Gasteiger partial charge in [0.15, 0.2) is 5.82 Å². The van der Waals surface area contributed by atoms with Crippen LogP contribution in [0.2, 0.25) is 0 Å². The normalized spacial score (nSPS) is 22.4. The number of phenols is 1. The van der Waals surface area contributed by atoms with E-state index in [0.29, 0.717) is 47.3 Å². The molecule has 2 saturated heterocycles. The molecule has 3 N–H and O–H groups in total. The molecule has 1 saturated carbocycles. The second-order valence-electron chi connectivity index (χ2n) is 10.8. The summed E-state index contributed by atoms with van der Waals surface area (Å²) in [5.74, 6) is 0.248. The summed E-state index contributed by atoms with van der Waals surface area (Å²) in [4.78, 5) is 11.5. The van der Waals surface area contributed by atoms with Gasteiger partial charge in [0.2, 0.25) is 0 Å². The Morgan fingerprint density at radius 1 is 1.00 bits per heavy atom. The summed E-state index contributed by atoms with van der Waals surface area (Å²) in [5.41, 5.74) is 0.263. The molecule has 1 aromatic heterocycles. The first-order valence-corrected chi connectivity index (χ1v) is 13.0. The topological polar surface area (TPSA) is 90.7 Å². The van der Waals surface area contributed by atoms with E-state index in [4.69, 9.17) is 9.72 Å². The van der Waals surface area contributed by atoms with Crippen LogP contribution in [0.4, 0.5) is 10.2 Å². The number of hydrogen-bond acceptors (Lipinski definition) is 7. The lowest BCUT2D eigenvalue weighted by Gasteiger charge is -2.36. The van der Waals surface area contributed by atoms with Gasteiger partial charge in [-0.1, -0.05) is 30.3 Å². The minimum absolute atomic E-state index is 0.0746. The summed E-state index contributed by atoms with van der Waals surface area (Å²) < 4.78 is 22.2. The number of ether oxygens (including phenoxy) is 1. The first-order chi connectivity index (χ1) is 18.0. The van der Waals surface area contributed by atoms with Crippen molar-refractivity contribution in [1.82, 2.24) is 15.3 Å². The highest BCUT2D eigenvalue weighted by Crippen LogP contribution is 2.39. The number of aromatic nitrogens is 2. The highest BCUT2D eigenvalue weighted by Gasteiger charge is 2.36. The third-order valence-electron chi connectivity index (χ3n) is 8.17. The van der Waals surface area contributed by atoms with Crippen LogP contribution in [0.3, 0.4) is 0 Å². The summed E-state index contributed by atoms with van der Waals surface area (Å²) in [5, 5.41) is 26.8. The van der Waals surface area contributed by atoms with Gasteiger partial charge in [0.1, 0.15) is 23.7 Å². The predicted octanol–water partition coefficient (Wildman–Crippen LogP) is 4.53. The quantitative estimate of drug-likeness (QED) is 0.371. The molecule has 8 heteroatoms. The number of fused-ring (bicyclic) bond motifs is 4. The smallest absolute Gasteiger partial charge is 0.319 e. The Balaban J connectivity index is 1.38. The summed E-state index contributed by atoms with van der Waals surface area (Å²) in [6.45, 7) is 1.66. The minimum atomic E-state index is -0.868. The fraction of sp³-hybridized carbons (Fsp3) is 0.379. The number of rotatable bonds is 5. The van der Waals surface area contributed by atoms with Gasteiger partial charge in [0, 0.05) is 36.1 Å². The van der Waals surface area contributed by atoms with Crippen LogP contribution in [0, 0.1) is 5.82 Å². The van der Waals surface area contributed by atoms with Crippen molar-refractivity contribution in [2.45, 2.75) is 49.8 Å². The molecule has 3 heterocycles. The number of hydrogen-bond donors (Lipinski definition) is 3. The van der Waals surface area contributed by atoms with Crippen LogP contribution in [0.15, 0.2) is 48.5 Å². The molecular weight excluding hydrogens is 471 g/mol. The predicted molar refractivity (Wildman–Crippen MR) is 141 cm³/mol. The first-order valence-electron chi connectivity index (χ1n) is 13.0. The number of phenolic OH excluding ortho intramolecular Hbond substituents is 1. The Hall–Kier alpha value is -3.49. The molecule has 0 radical (unpaired) electrons. The Labute approximate surface area is 213 Å². The highest BCUT2D eigenvalue weighted by atomic mass is 19.1. The van der Waals surface area contributed by atoms with Crippen LogP contribution in [-0.2, 0) is 0 Å². The van der Waals surface area contributed by atoms with Gasteiger partial charge in [-0.15, -0.1) is 0 Å². The largest absolute Gasteiger partial charge is 0.508 e. The van der Waals surface area contributed by atoms with E-state index in [-0.39, 0.29) is 23.9 Å². The number of nitrogens with one attached hydrogen (secondary N) is 1. The van der Waals surface area contributed by atoms with E-state index in [9.17, 15) is 10.2 Å². The van der Waals surface area contributed by atoms with Gasteiger partial charge < -0.3 is 25.2 Å². The number of halogens is 1. The van der Waals surface area contributed by atoms with Crippen molar-refractivity contribution < 1.29 is 19.3 Å². The maximum atomic E-state index is 16.4. The van der Waals surface area contributed by atoms with Crippen LogP contribution >= 0.6 is 0 Å². The maximum absolute atomic E-state index is 16.4. The fourth-order valence-corrected chi connectivity index (χ4v) is 6.05. The zero-order valence-electron chi connectivity index (χ0n) is 20.5. The van der Waals surface area contributed by atoms with E-state index >= 15 is 4.39 Å². The lowest BCUT2D eigenvalue weighted by Crippen LogP contribution is -2.51. The standard InChI is InChI=1S/C29H29FN4O3/c30-25-22(24-13-20(35)12-17-4-1-2-5-21(17)24)8-9-23-26(25)32-28(37-16-29(36)10-3-11-29)33-27(23)34-14-18-6-7-19(15-34)31-18/h1-2,4-5,8-9,12-13,18-19,31,35-36H,3,6-7,10-11,14-16H2. The number of aliphatic hydroxyl groups is 1. The molecule has 3 aromatic carbocycles. The van der Waals surface area contributed by atoms with E-state index in [2.05, 4.69) is 15.2 Å². The van der Waals surface area contributed by atoms with Crippen LogP contribution < -0.4 is 15.0 Å². The SMILES string of the molecule is Oc1cc(-c2ccc3c(N4CC5CCC(C4)N5)nc(OCC4(O)CCC4)nc3c2F)c2ccccc2c1. The summed E-state index contributed by atoms with van der Waals surface area (Å²) >= 11 is 0. The van der Waals surface area contributed by atoms with Gasteiger partial charge >= 0.3 is 6.01 Å². The number of anilines is 1. The number of aromatic hydroxyl groups is 1. The Morgan fingerprint density at radius 3 is 2.54 bits per heavy atom. The molecule has 7 nitrogen and oxygen atoms in total. The second-order valence-corrected chi connectivity index (χ2v) is 10.8. The lowest BCUT2D eigenvalue weighted by molar-refractivity contribution is -0.0681. The summed E-state index contributed by atoms with van der Waals surface area (Å²) in [6, 6.07) is 15.3. The molecule has 0 spiro atoms. The molecule has 2 aliphatic heterocycles. The van der Waals surface area contributed by atoms with Crippen molar-refractivity contribution in [2.75, 3.05) is 24.6 Å². The van der Waals surface area contributed by atoms with E-state index in [1.54, 1.807) is 18.2 Å². The molecule has 3 aliphatic rings. The highest BCUT2D eigenvalue weighted by molar-refractivity contribution is 6.01. The third-order valence-corrected chi connectivity index (χ3v) is 8.17. The Kier molecular flexibility index (Phi) is 5.23. The van der Waals surface area contributed by atoms with Crippen molar-refractivity contribution in [3.8, 4) is 22.9 Å². The summed E-state index contributed by atoms with van der Waals surface area (Å²) in [6.07, 6.45) is 4.55. The van der Waals surface area contributed by atoms with Gasteiger partial charge in [0.25, 0.3) is 0 Å². The zero-order chi connectivity index (χ0) is 25.1. The van der Waals surface area contributed by atoms with Crippen LogP contribution in [-0.4, -0.2) is 57.6 Å². The molecule has 4 aromatic rings. The average molecular weight is 501 g/mol.